The van der Waals surface area contributed by atoms with Gasteiger partial charge in [-0.1, -0.05) is 0 Å². The van der Waals surface area contributed by atoms with Crippen molar-refractivity contribution >= 4 is 11.0 Å². The Balaban J connectivity index is 1.92. The van der Waals surface area contributed by atoms with Crippen molar-refractivity contribution in [3.05, 3.63) is 35.8 Å². The molecular formula is C13H12F4O3. The molecular weight excluding hydrogens is 280 g/mol. The topological polar surface area (TPSA) is 42.6 Å². The van der Waals surface area contributed by atoms with Gasteiger partial charge in [0.25, 0.3) is 0 Å². The van der Waals surface area contributed by atoms with Gasteiger partial charge in [-0.2, -0.15) is 13.2 Å². The molecule has 0 bridgehead atoms. The Morgan fingerprint density at radius 2 is 2.00 bits per heavy atom. The van der Waals surface area contributed by atoms with Crippen molar-refractivity contribution in [3.8, 4) is 0 Å². The Hall–Kier alpha value is -1.60. The zero-order valence-corrected chi connectivity index (χ0v) is 10.3. The van der Waals surface area contributed by atoms with Crippen LogP contribution in [0.15, 0.2) is 28.7 Å². The van der Waals surface area contributed by atoms with Crippen molar-refractivity contribution < 1.29 is 31.8 Å². The molecule has 1 aromatic carbocycles. The Morgan fingerprint density at radius 3 is 2.70 bits per heavy atom. The van der Waals surface area contributed by atoms with E-state index in [9.17, 15) is 22.7 Å². The van der Waals surface area contributed by atoms with Crippen molar-refractivity contribution in [1.82, 2.24) is 0 Å². The van der Waals surface area contributed by atoms with Gasteiger partial charge in [0.2, 0.25) is 0 Å². The number of fused-ring (bicyclic) bond motifs is 1. The summed E-state index contributed by atoms with van der Waals surface area (Å²) in [6, 6.07) is 5.33. The molecule has 7 heteroatoms. The minimum Gasteiger partial charge on any atom is -0.458 e. The largest absolute Gasteiger partial charge is 0.458 e. The fourth-order valence-corrected chi connectivity index (χ4v) is 1.72. The van der Waals surface area contributed by atoms with Gasteiger partial charge in [-0.05, 0) is 24.3 Å². The van der Waals surface area contributed by atoms with Crippen LogP contribution < -0.4 is 0 Å². The number of furan rings is 1. The summed E-state index contributed by atoms with van der Waals surface area (Å²) >= 11 is 0. The first-order valence-electron chi connectivity index (χ1n) is 5.87. The monoisotopic (exact) mass is 292 g/mol. The van der Waals surface area contributed by atoms with Crippen molar-refractivity contribution in [2.24, 2.45) is 0 Å². The van der Waals surface area contributed by atoms with Gasteiger partial charge in [-0.25, -0.2) is 4.39 Å². The van der Waals surface area contributed by atoms with Gasteiger partial charge in [0.05, 0.1) is 0 Å². The van der Waals surface area contributed by atoms with Crippen LogP contribution in [0, 0.1) is 5.82 Å². The molecule has 1 aromatic heterocycles. The maximum Gasteiger partial charge on any atom is 0.411 e. The van der Waals surface area contributed by atoms with E-state index >= 15 is 0 Å². The Labute approximate surface area is 111 Å². The van der Waals surface area contributed by atoms with E-state index in [1.807, 2.05) is 0 Å². The first kappa shape index (κ1) is 14.8. The van der Waals surface area contributed by atoms with Crippen LogP contribution >= 0.6 is 0 Å². The number of aliphatic hydroxyl groups excluding tert-OH is 1. The first-order chi connectivity index (χ1) is 9.35. The van der Waals surface area contributed by atoms with Crippen LogP contribution in [0.2, 0.25) is 0 Å². The lowest BCUT2D eigenvalue weighted by Gasteiger charge is -2.09. The number of hydrogen-bond acceptors (Lipinski definition) is 3. The molecule has 1 N–H and O–H groups in total. The van der Waals surface area contributed by atoms with Crippen LogP contribution in [0.1, 0.15) is 18.3 Å². The summed E-state index contributed by atoms with van der Waals surface area (Å²) in [5.41, 5.74) is 0.400. The van der Waals surface area contributed by atoms with Gasteiger partial charge < -0.3 is 14.3 Å². The zero-order chi connectivity index (χ0) is 14.8. The van der Waals surface area contributed by atoms with Crippen LogP contribution in [0.4, 0.5) is 17.6 Å². The average Bonchev–Trinajstić information content (AvgIpc) is 2.76. The number of hydrogen-bond donors (Lipinski definition) is 1. The maximum absolute atomic E-state index is 13.0. The lowest BCUT2D eigenvalue weighted by atomic mass is 10.2. The summed E-state index contributed by atoms with van der Waals surface area (Å²) in [4.78, 5) is 0. The lowest BCUT2D eigenvalue weighted by Crippen LogP contribution is -2.18. The third-order valence-electron chi connectivity index (χ3n) is 2.63. The lowest BCUT2D eigenvalue weighted by molar-refractivity contribution is -0.175. The molecule has 1 atom stereocenters. The number of aliphatic hydroxyl groups is 1. The molecule has 0 spiro atoms. The predicted molar refractivity (Wildman–Crippen MR) is 62.6 cm³/mol. The van der Waals surface area contributed by atoms with Crippen molar-refractivity contribution in [2.45, 2.75) is 18.7 Å². The maximum atomic E-state index is 13.0. The molecule has 1 unspecified atom stereocenters. The van der Waals surface area contributed by atoms with Crippen LogP contribution in [0.3, 0.4) is 0 Å². The second-order valence-corrected chi connectivity index (χ2v) is 4.30. The molecule has 0 amide bonds. The van der Waals surface area contributed by atoms with E-state index in [1.54, 1.807) is 0 Å². The molecule has 0 aliphatic rings. The highest BCUT2D eigenvalue weighted by Gasteiger charge is 2.27. The highest BCUT2D eigenvalue weighted by atomic mass is 19.4. The van der Waals surface area contributed by atoms with Crippen molar-refractivity contribution in [1.29, 1.82) is 0 Å². The number of halogens is 4. The van der Waals surface area contributed by atoms with Crippen LogP contribution in [-0.4, -0.2) is 24.5 Å². The third kappa shape index (κ3) is 3.94. The van der Waals surface area contributed by atoms with Gasteiger partial charge in [-0.3, -0.25) is 0 Å². The highest BCUT2D eigenvalue weighted by Crippen LogP contribution is 2.26. The number of benzene rings is 1. The molecule has 0 fully saturated rings. The fraction of sp³-hybridized carbons (Fsp3) is 0.385. The molecule has 1 heterocycles. The summed E-state index contributed by atoms with van der Waals surface area (Å²) in [5.74, 6) is -0.269. The van der Waals surface area contributed by atoms with E-state index < -0.39 is 24.7 Å². The smallest absolute Gasteiger partial charge is 0.411 e. The second kappa shape index (κ2) is 5.80. The molecule has 0 saturated heterocycles. The van der Waals surface area contributed by atoms with E-state index in [0.29, 0.717) is 11.0 Å². The molecule has 20 heavy (non-hydrogen) atoms. The van der Waals surface area contributed by atoms with Crippen molar-refractivity contribution in [2.75, 3.05) is 13.2 Å². The van der Waals surface area contributed by atoms with Gasteiger partial charge in [0, 0.05) is 18.4 Å². The Bertz CT molecular complexity index is 576. The third-order valence-corrected chi connectivity index (χ3v) is 2.63. The first-order valence-corrected chi connectivity index (χ1v) is 5.87. The van der Waals surface area contributed by atoms with Gasteiger partial charge in [0.15, 0.2) is 0 Å². The molecule has 110 valence electrons. The summed E-state index contributed by atoms with van der Waals surface area (Å²) in [7, 11) is 0. The Morgan fingerprint density at radius 1 is 1.25 bits per heavy atom. The molecule has 0 radical (unpaired) electrons. The number of rotatable bonds is 5. The van der Waals surface area contributed by atoms with Gasteiger partial charge in [-0.15, -0.1) is 0 Å². The van der Waals surface area contributed by atoms with Crippen molar-refractivity contribution in [3.63, 3.8) is 0 Å². The fourth-order valence-electron chi connectivity index (χ4n) is 1.72. The van der Waals surface area contributed by atoms with E-state index in [2.05, 4.69) is 4.74 Å². The molecule has 0 saturated carbocycles. The van der Waals surface area contributed by atoms with Gasteiger partial charge >= 0.3 is 6.18 Å². The Kier molecular flexibility index (Phi) is 4.29. The van der Waals surface area contributed by atoms with E-state index in [0.717, 1.165) is 0 Å². The van der Waals surface area contributed by atoms with E-state index in [4.69, 9.17) is 4.42 Å². The zero-order valence-electron chi connectivity index (χ0n) is 10.3. The summed E-state index contributed by atoms with van der Waals surface area (Å²) < 4.78 is 58.2. The van der Waals surface area contributed by atoms with Gasteiger partial charge in [0.1, 0.15) is 29.9 Å². The predicted octanol–water partition coefficient (Wildman–Crippen LogP) is 3.57. The second-order valence-electron chi connectivity index (χ2n) is 4.30. The molecule has 2 aromatic rings. The molecule has 0 aliphatic heterocycles. The van der Waals surface area contributed by atoms with Crippen LogP contribution in [-0.2, 0) is 4.74 Å². The molecule has 3 nitrogen and oxygen atoms in total. The minimum absolute atomic E-state index is 0.0433. The number of ether oxygens (including phenoxy) is 1. The van der Waals surface area contributed by atoms with Crippen LogP contribution in [0.5, 0.6) is 0 Å². The molecule has 0 aliphatic carbocycles. The van der Waals surface area contributed by atoms with E-state index in [-0.39, 0.29) is 18.8 Å². The highest BCUT2D eigenvalue weighted by molar-refractivity contribution is 5.77. The average molecular weight is 292 g/mol. The number of alkyl halides is 3. The van der Waals surface area contributed by atoms with Crippen LogP contribution in [0.25, 0.3) is 11.0 Å². The SMILES string of the molecule is OC(CCOCC(F)(F)F)c1cc2cc(F)ccc2o1. The quantitative estimate of drug-likeness (QED) is 0.676. The normalized spacial score (nSPS) is 13.8. The summed E-state index contributed by atoms with van der Waals surface area (Å²) in [6.45, 7) is -1.61. The summed E-state index contributed by atoms with van der Waals surface area (Å²) in [6.07, 6.45) is -5.53. The molecule has 2 rings (SSSR count). The minimum atomic E-state index is -4.39. The summed E-state index contributed by atoms with van der Waals surface area (Å²) in [5, 5.41) is 10.3. The van der Waals surface area contributed by atoms with E-state index in [1.165, 1.54) is 24.3 Å². The standard InChI is InChI=1S/C13H12F4O3/c14-9-1-2-11-8(5-9)6-12(20-11)10(18)3-4-19-7-13(15,16)17/h1-2,5-6,10,18H,3-4,7H2.